The third kappa shape index (κ3) is 5.77. The minimum atomic E-state index is -0.0400. The van der Waals surface area contributed by atoms with E-state index in [1.807, 2.05) is 54.7 Å². The Morgan fingerprint density at radius 2 is 1.93 bits per heavy atom. The molecule has 1 fully saturated rings. The van der Waals surface area contributed by atoms with Gasteiger partial charge in [-0.1, -0.05) is 42.5 Å². The number of hydrogen-bond acceptors (Lipinski definition) is 4. The Morgan fingerprint density at radius 3 is 2.63 bits per heavy atom. The van der Waals surface area contributed by atoms with Crippen molar-refractivity contribution in [2.75, 3.05) is 32.8 Å². The molecule has 0 bridgehead atoms. The highest BCUT2D eigenvalue weighted by molar-refractivity contribution is 5.79. The van der Waals surface area contributed by atoms with Crippen LogP contribution in [0.25, 0.3) is 0 Å². The maximum absolute atomic E-state index is 12.8. The highest BCUT2D eigenvalue weighted by Gasteiger charge is 2.30. The zero-order valence-electron chi connectivity index (χ0n) is 17.5. The summed E-state index contributed by atoms with van der Waals surface area (Å²) in [6.45, 7) is 4.70. The SMILES string of the molecule is O=C(Cc1ccccc1)NC(c1ccccn1)C1CCN(CC2=CCCOC2)CC1. The molecule has 1 aromatic heterocycles. The highest BCUT2D eigenvalue weighted by atomic mass is 16.5. The van der Waals surface area contributed by atoms with Crippen molar-refractivity contribution >= 4 is 5.91 Å². The first-order chi connectivity index (χ1) is 14.8. The Balaban J connectivity index is 1.38. The number of nitrogens with zero attached hydrogens (tertiary/aromatic N) is 2. The van der Waals surface area contributed by atoms with Gasteiger partial charge in [-0.15, -0.1) is 0 Å². The molecule has 2 aliphatic rings. The van der Waals surface area contributed by atoms with E-state index in [9.17, 15) is 4.79 Å². The third-order valence-electron chi connectivity index (χ3n) is 6.04. The molecule has 0 spiro atoms. The number of piperidine rings is 1. The summed E-state index contributed by atoms with van der Waals surface area (Å²) < 4.78 is 5.58. The third-order valence-corrected chi connectivity index (χ3v) is 6.04. The van der Waals surface area contributed by atoms with E-state index in [0.29, 0.717) is 12.3 Å². The van der Waals surface area contributed by atoms with Gasteiger partial charge in [-0.2, -0.15) is 0 Å². The van der Waals surface area contributed by atoms with Crippen molar-refractivity contribution in [2.24, 2.45) is 5.92 Å². The molecule has 2 aliphatic heterocycles. The molecule has 1 saturated heterocycles. The first-order valence-corrected chi connectivity index (χ1v) is 11.0. The number of aromatic nitrogens is 1. The maximum atomic E-state index is 12.8. The molecule has 1 unspecified atom stereocenters. The number of hydrogen-bond donors (Lipinski definition) is 1. The molecule has 5 heteroatoms. The molecule has 1 aromatic carbocycles. The lowest BCUT2D eigenvalue weighted by Gasteiger charge is -2.36. The number of pyridine rings is 1. The molecule has 158 valence electrons. The molecule has 1 N–H and O–H groups in total. The van der Waals surface area contributed by atoms with Crippen LogP contribution >= 0.6 is 0 Å². The predicted octanol–water partition coefficient (Wildman–Crippen LogP) is 3.54. The second-order valence-corrected chi connectivity index (χ2v) is 8.28. The monoisotopic (exact) mass is 405 g/mol. The predicted molar refractivity (Wildman–Crippen MR) is 118 cm³/mol. The van der Waals surface area contributed by atoms with Crippen LogP contribution in [-0.4, -0.2) is 48.6 Å². The number of benzene rings is 1. The van der Waals surface area contributed by atoms with Crippen molar-refractivity contribution in [3.63, 3.8) is 0 Å². The standard InChI is InChI=1S/C25H31N3O2/c29-24(17-20-7-2-1-3-8-20)27-25(23-10-4-5-13-26-23)22-11-14-28(15-12-22)18-21-9-6-16-30-19-21/h1-5,7-10,13,22,25H,6,11-12,14-19H2,(H,27,29). The minimum Gasteiger partial charge on any atom is -0.377 e. The average Bonchev–Trinajstić information content (AvgIpc) is 2.80. The van der Waals surface area contributed by atoms with Crippen molar-refractivity contribution in [1.82, 2.24) is 15.2 Å². The van der Waals surface area contributed by atoms with Gasteiger partial charge in [-0.25, -0.2) is 0 Å². The molecule has 2 aromatic rings. The molecular formula is C25H31N3O2. The van der Waals surface area contributed by atoms with Gasteiger partial charge in [0, 0.05) is 12.7 Å². The number of carbonyl (C=O) groups is 1. The van der Waals surface area contributed by atoms with Crippen LogP contribution < -0.4 is 5.32 Å². The van der Waals surface area contributed by atoms with E-state index in [4.69, 9.17) is 4.74 Å². The van der Waals surface area contributed by atoms with Gasteiger partial charge in [0.15, 0.2) is 0 Å². The summed E-state index contributed by atoms with van der Waals surface area (Å²) in [5.41, 5.74) is 3.39. The van der Waals surface area contributed by atoms with Crippen LogP contribution in [0.5, 0.6) is 0 Å². The Kier molecular flexibility index (Phi) is 7.27. The van der Waals surface area contributed by atoms with Crippen LogP contribution in [0.4, 0.5) is 0 Å². The molecular weight excluding hydrogens is 374 g/mol. The fourth-order valence-corrected chi connectivity index (χ4v) is 4.45. The lowest BCUT2D eigenvalue weighted by molar-refractivity contribution is -0.121. The number of likely N-dealkylation sites (tertiary alicyclic amines) is 1. The van der Waals surface area contributed by atoms with Gasteiger partial charge in [-0.05, 0) is 61.5 Å². The van der Waals surface area contributed by atoms with Crippen molar-refractivity contribution in [3.05, 3.63) is 77.6 Å². The average molecular weight is 406 g/mol. The van der Waals surface area contributed by atoms with Crippen molar-refractivity contribution in [2.45, 2.75) is 31.7 Å². The molecule has 0 aliphatic carbocycles. The molecule has 1 atom stereocenters. The summed E-state index contributed by atoms with van der Waals surface area (Å²) in [7, 11) is 0. The zero-order valence-corrected chi connectivity index (χ0v) is 17.5. The lowest BCUT2D eigenvalue weighted by atomic mass is 9.87. The van der Waals surface area contributed by atoms with Crippen LogP contribution in [0, 0.1) is 5.92 Å². The fourth-order valence-electron chi connectivity index (χ4n) is 4.45. The second-order valence-electron chi connectivity index (χ2n) is 8.28. The smallest absolute Gasteiger partial charge is 0.224 e. The van der Waals surface area contributed by atoms with Crippen LogP contribution in [0.15, 0.2) is 66.4 Å². The molecule has 0 radical (unpaired) electrons. The van der Waals surface area contributed by atoms with Crippen LogP contribution in [0.1, 0.15) is 36.6 Å². The quantitative estimate of drug-likeness (QED) is 0.716. The summed E-state index contributed by atoms with van der Waals surface area (Å²) in [4.78, 5) is 19.9. The van der Waals surface area contributed by atoms with E-state index in [2.05, 4.69) is 21.3 Å². The van der Waals surface area contributed by atoms with Crippen molar-refractivity contribution < 1.29 is 9.53 Å². The molecule has 30 heavy (non-hydrogen) atoms. The maximum Gasteiger partial charge on any atom is 0.224 e. The lowest BCUT2D eigenvalue weighted by Crippen LogP contribution is -2.42. The van der Waals surface area contributed by atoms with Gasteiger partial charge in [0.2, 0.25) is 5.91 Å². The number of carbonyl (C=O) groups excluding carboxylic acids is 1. The second kappa shape index (κ2) is 10.5. The van der Waals surface area contributed by atoms with Crippen molar-refractivity contribution in [1.29, 1.82) is 0 Å². The van der Waals surface area contributed by atoms with E-state index in [1.165, 1.54) is 5.57 Å². The van der Waals surface area contributed by atoms with Gasteiger partial charge in [-0.3, -0.25) is 14.7 Å². The summed E-state index contributed by atoms with van der Waals surface area (Å²) in [6.07, 6.45) is 7.69. The van der Waals surface area contributed by atoms with Crippen LogP contribution in [0.3, 0.4) is 0 Å². The first kappa shape index (κ1) is 20.8. The number of amides is 1. The van der Waals surface area contributed by atoms with Crippen LogP contribution in [0.2, 0.25) is 0 Å². The Labute approximate surface area is 179 Å². The molecule has 3 heterocycles. The molecule has 4 rings (SSSR count). The normalized spacial score (nSPS) is 19.1. The Hall–Kier alpha value is -2.50. The molecule has 0 saturated carbocycles. The van der Waals surface area contributed by atoms with Crippen molar-refractivity contribution in [3.8, 4) is 0 Å². The fraction of sp³-hybridized carbons (Fsp3) is 0.440. The Bertz CT molecular complexity index is 830. The highest BCUT2D eigenvalue weighted by Crippen LogP contribution is 2.30. The van der Waals surface area contributed by atoms with Gasteiger partial charge in [0.05, 0.1) is 31.4 Å². The van der Waals surface area contributed by atoms with Crippen LogP contribution in [-0.2, 0) is 16.0 Å². The van der Waals surface area contributed by atoms with E-state index < -0.39 is 0 Å². The number of ether oxygens (including phenoxy) is 1. The summed E-state index contributed by atoms with van der Waals surface area (Å²) in [5.74, 6) is 0.455. The summed E-state index contributed by atoms with van der Waals surface area (Å²) in [5, 5.41) is 3.30. The topological polar surface area (TPSA) is 54.5 Å². The van der Waals surface area contributed by atoms with E-state index in [0.717, 1.165) is 63.4 Å². The summed E-state index contributed by atoms with van der Waals surface area (Å²) >= 11 is 0. The summed E-state index contributed by atoms with van der Waals surface area (Å²) in [6, 6.07) is 15.8. The van der Waals surface area contributed by atoms with Gasteiger partial charge in [0.25, 0.3) is 0 Å². The largest absolute Gasteiger partial charge is 0.377 e. The molecule has 1 amide bonds. The minimum absolute atomic E-state index is 0.0400. The van der Waals surface area contributed by atoms with E-state index >= 15 is 0 Å². The Morgan fingerprint density at radius 1 is 1.13 bits per heavy atom. The van der Waals surface area contributed by atoms with E-state index in [1.54, 1.807) is 0 Å². The van der Waals surface area contributed by atoms with Gasteiger partial charge < -0.3 is 10.1 Å². The van der Waals surface area contributed by atoms with Gasteiger partial charge >= 0.3 is 0 Å². The van der Waals surface area contributed by atoms with E-state index in [-0.39, 0.29) is 11.9 Å². The van der Waals surface area contributed by atoms with Gasteiger partial charge in [0.1, 0.15) is 0 Å². The zero-order chi connectivity index (χ0) is 20.6. The number of nitrogens with one attached hydrogen (secondary N) is 1. The molecule has 5 nitrogen and oxygen atoms in total. The number of rotatable bonds is 7. The first-order valence-electron chi connectivity index (χ1n) is 11.0.